The van der Waals surface area contributed by atoms with Gasteiger partial charge in [-0.1, -0.05) is 24.8 Å². The Kier molecular flexibility index (Phi) is 5.35. The molecule has 1 aliphatic heterocycles. The summed E-state index contributed by atoms with van der Waals surface area (Å²) in [6, 6.07) is 6.11. The zero-order valence-electron chi connectivity index (χ0n) is 15.8. The van der Waals surface area contributed by atoms with Gasteiger partial charge in [-0.3, -0.25) is 4.79 Å². The maximum Gasteiger partial charge on any atom is 0.223 e. The molecule has 1 amide bonds. The van der Waals surface area contributed by atoms with Gasteiger partial charge in [0, 0.05) is 25.7 Å². The van der Waals surface area contributed by atoms with E-state index >= 15 is 0 Å². The van der Waals surface area contributed by atoms with E-state index in [1.807, 2.05) is 22.9 Å². The van der Waals surface area contributed by atoms with Crippen LogP contribution in [0.4, 0.5) is 10.9 Å². The number of fused-ring (bicyclic) bond motifs is 2. The second kappa shape index (κ2) is 7.96. The van der Waals surface area contributed by atoms with Gasteiger partial charge in [0.25, 0.3) is 0 Å². The van der Waals surface area contributed by atoms with Gasteiger partial charge in [0.1, 0.15) is 17.8 Å². The molecule has 3 aromatic heterocycles. The number of hydrogen-bond acceptors (Lipinski definition) is 8. The molecule has 0 aliphatic carbocycles. The van der Waals surface area contributed by atoms with Gasteiger partial charge < -0.3 is 15.8 Å². The molecular weight excluding hydrogens is 402 g/mol. The fraction of sp³-hybridized carbons (Fsp3) is 0.350. The molecule has 1 aromatic carbocycles. The van der Waals surface area contributed by atoms with Crippen LogP contribution < -0.4 is 11.1 Å². The highest BCUT2D eigenvalue weighted by Gasteiger charge is 2.24. The van der Waals surface area contributed by atoms with E-state index in [0.717, 1.165) is 45.3 Å². The number of thiazole rings is 1. The summed E-state index contributed by atoms with van der Waals surface area (Å²) in [4.78, 5) is 24.4. The molecule has 0 radical (unpaired) electrons. The zero-order chi connectivity index (χ0) is 20.0. The lowest BCUT2D eigenvalue weighted by Crippen LogP contribution is -2.20. The van der Waals surface area contributed by atoms with E-state index in [-0.39, 0.29) is 19.4 Å². The monoisotopic (exact) mass is 425 g/mol. The number of hydrogen-bond donors (Lipinski definition) is 2. The highest BCUT2D eigenvalue weighted by Crippen LogP contribution is 2.36. The zero-order valence-corrected chi connectivity index (χ0v) is 16.6. The number of nitrogens with two attached hydrogens (primary N) is 1. The van der Waals surface area contributed by atoms with Crippen molar-refractivity contribution in [1.29, 1.82) is 0 Å². The Bertz CT molecular complexity index is 1230. The van der Waals surface area contributed by atoms with Crippen molar-refractivity contribution in [3.05, 3.63) is 24.5 Å². The molecule has 0 unspecified atom stereocenters. The van der Waals surface area contributed by atoms with Crippen molar-refractivity contribution in [3.8, 4) is 11.3 Å². The number of anilines is 2. The molecule has 30 heavy (non-hydrogen) atoms. The van der Waals surface area contributed by atoms with Crippen LogP contribution in [-0.2, 0) is 9.53 Å². The minimum absolute atomic E-state index is 0. The topological polar surface area (TPSA) is 121 Å². The number of ether oxygens (including phenoxy) is 1. The third kappa shape index (κ3) is 3.48. The van der Waals surface area contributed by atoms with E-state index in [1.165, 1.54) is 24.6 Å². The maximum atomic E-state index is 11.3. The van der Waals surface area contributed by atoms with Crippen LogP contribution in [0.3, 0.4) is 0 Å². The summed E-state index contributed by atoms with van der Waals surface area (Å²) >= 11 is 1.42. The van der Waals surface area contributed by atoms with Crippen molar-refractivity contribution in [2.75, 3.05) is 24.3 Å². The average molecular weight is 426 g/mol. The third-order valence-electron chi connectivity index (χ3n) is 5.00. The van der Waals surface area contributed by atoms with Gasteiger partial charge in [0.05, 0.1) is 21.6 Å². The first-order chi connectivity index (χ1) is 14.1. The molecule has 0 bridgehead atoms. The molecule has 1 fully saturated rings. The second-order valence-electron chi connectivity index (χ2n) is 6.98. The number of rotatable bonds is 3. The standard InChI is InChI=1S/C19H19N7O2S.CH4/c1-10(27)23-19-24-13-3-2-11(8-14(13)29-19)16-15-17(20)21-9-22-18(15)26(25-16)12-4-6-28-7-5-12;/h2-3,8-9,12H,4-7H2,1H3,(H2,20,21,22)(H,23,24,27);1H4. The molecule has 3 N–H and O–H groups in total. The third-order valence-corrected chi connectivity index (χ3v) is 5.93. The van der Waals surface area contributed by atoms with Crippen LogP contribution in [0.15, 0.2) is 24.5 Å². The van der Waals surface area contributed by atoms with Gasteiger partial charge in [0.2, 0.25) is 5.91 Å². The van der Waals surface area contributed by atoms with Crippen LogP contribution >= 0.6 is 11.3 Å². The number of nitrogens with one attached hydrogen (secondary N) is 1. The molecule has 1 aliphatic rings. The van der Waals surface area contributed by atoms with E-state index in [9.17, 15) is 4.79 Å². The largest absolute Gasteiger partial charge is 0.383 e. The Morgan fingerprint density at radius 3 is 2.87 bits per heavy atom. The number of amides is 1. The highest BCUT2D eigenvalue weighted by molar-refractivity contribution is 7.22. The van der Waals surface area contributed by atoms with Crippen LogP contribution in [0.25, 0.3) is 32.5 Å². The van der Waals surface area contributed by atoms with Crippen molar-refractivity contribution in [3.63, 3.8) is 0 Å². The summed E-state index contributed by atoms with van der Waals surface area (Å²) in [6.07, 6.45) is 3.24. The number of carbonyl (C=O) groups is 1. The van der Waals surface area contributed by atoms with E-state index in [2.05, 4.69) is 20.3 Å². The Labute approximate surface area is 177 Å². The van der Waals surface area contributed by atoms with Gasteiger partial charge in [-0.05, 0) is 25.0 Å². The van der Waals surface area contributed by atoms with Crippen molar-refractivity contribution in [1.82, 2.24) is 24.7 Å². The molecule has 0 spiro atoms. The molecule has 156 valence electrons. The van der Waals surface area contributed by atoms with E-state index in [1.54, 1.807) is 0 Å². The lowest BCUT2D eigenvalue weighted by Gasteiger charge is -2.22. The van der Waals surface area contributed by atoms with Crippen molar-refractivity contribution >= 4 is 49.4 Å². The molecule has 9 nitrogen and oxygen atoms in total. The minimum atomic E-state index is -0.143. The predicted octanol–water partition coefficient (Wildman–Crippen LogP) is 3.63. The van der Waals surface area contributed by atoms with E-state index in [0.29, 0.717) is 24.2 Å². The van der Waals surface area contributed by atoms with E-state index < -0.39 is 0 Å². The quantitative estimate of drug-likeness (QED) is 0.514. The summed E-state index contributed by atoms with van der Waals surface area (Å²) in [6.45, 7) is 2.89. The Morgan fingerprint density at radius 2 is 2.10 bits per heavy atom. The summed E-state index contributed by atoms with van der Waals surface area (Å²) in [5, 5.41) is 8.96. The Hall–Kier alpha value is -3.11. The lowest BCUT2D eigenvalue weighted by molar-refractivity contribution is -0.114. The maximum absolute atomic E-state index is 11.3. The van der Waals surface area contributed by atoms with Gasteiger partial charge in [-0.25, -0.2) is 19.6 Å². The Balaban J connectivity index is 0.00000218. The van der Waals surface area contributed by atoms with Gasteiger partial charge in [0.15, 0.2) is 10.8 Å². The smallest absolute Gasteiger partial charge is 0.223 e. The first kappa shape index (κ1) is 20.2. The molecule has 1 saturated heterocycles. The number of nitrogens with zero attached hydrogens (tertiary/aromatic N) is 5. The molecule has 4 aromatic rings. The van der Waals surface area contributed by atoms with Crippen LogP contribution in [0.5, 0.6) is 0 Å². The number of benzene rings is 1. The van der Waals surface area contributed by atoms with Gasteiger partial charge >= 0.3 is 0 Å². The molecule has 5 rings (SSSR count). The van der Waals surface area contributed by atoms with Gasteiger partial charge in [-0.2, -0.15) is 5.10 Å². The molecular formula is C20H23N7O2S. The predicted molar refractivity (Wildman–Crippen MR) is 118 cm³/mol. The fourth-order valence-electron chi connectivity index (χ4n) is 3.66. The highest BCUT2D eigenvalue weighted by atomic mass is 32.1. The normalized spacial score (nSPS) is 14.7. The van der Waals surface area contributed by atoms with Crippen LogP contribution in [-0.4, -0.2) is 43.9 Å². The summed E-state index contributed by atoms with van der Waals surface area (Å²) in [5.41, 5.74) is 9.44. The second-order valence-corrected chi connectivity index (χ2v) is 8.01. The van der Waals surface area contributed by atoms with Crippen molar-refractivity contribution in [2.45, 2.75) is 33.2 Å². The molecule has 4 heterocycles. The minimum Gasteiger partial charge on any atom is -0.383 e. The van der Waals surface area contributed by atoms with Crippen molar-refractivity contribution < 1.29 is 9.53 Å². The summed E-state index contributed by atoms with van der Waals surface area (Å²) in [7, 11) is 0. The van der Waals surface area contributed by atoms with Crippen LogP contribution in [0.1, 0.15) is 33.2 Å². The van der Waals surface area contributed by atoms with Crippen LogP contribution in [0, 0.1) is 0 Å². The summed E-state index contributed by atoms with van der Waals surface area (Å²) < 4.78 is 8.41. The molecule has 0 saturated carbocycles. The number of carbonyl (C=O) groups excluding carboxylic acids is 1. The number of aromatic nitrogens is 5. The first-order valence-corrected chi connectivity index (χ1v) is 10.2. The van der Waals surface area contributed by atoms with Crippen molar-refractivity contribution in [2.24, 2.45) is 0 Å². The average Bonchev–Trinajstić information content (AvgIpc) is 3.29. The molecule has 10 heteroatoms. The fourth-order valence-corrected chi connectivity index (χ4v) is 4.61. The number of nitrogen functional groups attached to an aromatic ring is 1. The summed E-state index contributed by atoms with van der Waals surface area (Å²) in [5.74, 6) is 0.266. The lowest BCUT2D eigenvalue weighted by atomic mass is 10.1. The van der Waals surface area contributed by atoms with Crippen LogP contribution in [0.2, 0.25) is 0 Å². The van der Waals surface area contributed by atoms with E-state index in [4.69, 9.17) is 15.6 Å². The first-order valence-electron chi connectivity index (χ1n) is 9.35. The SMILES string of the molecule is C.CC(=O)Nc1nc2ccc(-c3nn(C4CCOCC4)c4ncnc(N)c34)cc2s1. The van der Waals surface area contributed by atoms with Gasteiger partial charge in [-0.15, -0.1) is 0 Å². The molecule has 0 atom stereocenters. The Morgan fingerprint density at radius 1 is 1.30 bits per heavy atom.